The molecule has 0 saturated carbocycles. The number of urea groups is 1. The normalized spacial score (nSPS) is 15.1. The topological polar surface area (TPSA) is 49.4 Å². The molecule has 1 saturated heterocycles. The van der Waals surface area contributed by atoms with Crippen molar-refractivity contribution in [3.8, 4) is 0 Å². The zero-order valence-corrected chi connectivity index (χ0v) is 9.75. The summed E-state index contributed by atoms with van der Waals surface area (Å²) in [7, 11) is 0. The van der Waals surface area contributed by atoms with Gasteiger partial charge in [0.2, 0.25) is 0 Å². The SMILES string of the molecule is O=C1NCCN1C(=O)c1ccc(Br)cc1F. The van der Waals surface area contributed by atoms with Gasteiger partial charge in [0.25, 0.3) is 5.91 Å². The number of halogens is 2. The molecule has 6 heteroatoms. The summed E-state index contributed by atoms with van der Waals surface area (Å²) in [5.74, 6) is -1.25. The third kappa shape index (κ3) is 1.92. The van der Waals surface area contributed by atoms with Crippen LogP contribution in [0.2, 0.25) is 0 Å². The second kappa shape index (κ2) is 4.21. The van der Waals surface area contributed by atoms with Crippen molar-refractivity contribution in [2.75, 3.05) is 13.1 Å². The van der Waals surface area contributed by atoms with E-state index in [0.29, 0.717) is 11.0 Å². The molecule has 0 radical (unpaired) electrons. The second-order valence-electron chi connectivity index (χ2n) is 3.31. The molecule has 0 bridgehead atoms. The molecule has 0 unspecified atom stereocenters. The fourth-order valence-electron chi connectivity index (χ4n) is 1.47. The lowest BCUT2D eigenvalue weighted by Crippen LogP contribution is -2.34. The van der Waals surface area contributed by atoms with Gasteiger partial charge in [-0.1, -0.05) is 15.9 Å². The average molecular weight is 287 g/mol. The van der Waals surface area contributed by atoms with Crippen molar-refractivity contribution >= 4 is 27.9 Å². The van der Waals surface area contributed by atoms with Crippen LogP contribution in [0.15, 0.2) is 22.7 Å². The fraction of sp³-hybridized carbons (Fsp3) is 0.200. The van der Waals surface area contributed by atoms with E-state index in [1.165, 1.54) is 12.1 Å². The molecule has 1 N–H and O–H groups in total. The van der Waals surface area contributed by atoms with Crippen LogP contribution < -0.4 is 5.32 Å². The number of carbonyl (C=O) groups is 2. The second-order valence-corrected chi connectivity index (χ2v) is 4.23. The summed E-state index contributed by atoms with van der Waals surface area (Å²) in [6, 6.07) is 3.63. The van der Waals surface area contributed by atoms with Crippen LogP contribution in [0.5, 0.6) is 0 Å². The Labute approximate surface area is 99.6 Å². The molecule has 16 heavy (non-hydrogen) atoms. The minimum absolute atomic E-state index is 0.0970. The summed E-state index contributed by atoms with van der Waals surface area (Å²) in [6.07, 6.45) is 0. The molecule has 84 valence electrons. The lowest BCUT2D eigenvalue weighted by molar-refractivity contribution is 0.0825. The predicted molar refractivity (Wildman–Crippen MR) is 58.5 cm³/mol. The molecule has 1 aromatic carbocycles. The third-order valence-electron chi connectivity index (χ3n) is 2.26. The Morgan fingerprint density at radius 3 is 2.81 bits per heavy atom. The summed E-state index contributed by atoms with van der Waals surface area (Å²) < 4.78 is 14.0. The number of amides is 3. The first-order chi connectivity index (χ1) is 7.59. The van der Waals surface area contributed by atoms with Gasteiger partial charge in [0.1, 0.15) is 5.82 Å². The zero-order valence-electron chi connectivity index (χ0n) is 8.17. The highest BCUT2D eigenvalue weighted by molar-refractivity contribution is 9.10. The van der Waals surface area contributed by atoms with E-state index < -0.39 is 17.8 Å². The van der Waals surface area contributed by atoms with Crippen LogP contribution in [0.4, 0.5) is 9.18 Å². The molecular formula is C10H8BrFN2O2. The number of carbonyl (C=O) groups excluding carboxylic acids is 2. The highest BCUT2D eigenvalue weighted by Gasteiger charge is 2.28. The maximum atomic E-state index is 13.5. The Bertz CT molecular complexity index is 464. The summed E-state index contributed by atoms with van der Waals surface area (Å²) in [5, 5.41) is 2.49. The van der Waals surface area contributed by atoms with Gasteiger partial charge in [0, 0.05) is 17.6 Å². The molecular weight excluding hydrogens is 279 g/mol. The fourth-order valence-corrected chi connectivity index (χ4v) is 1.81. The van der Waals surface area contributed by atoms with E-state index in [0.717, 1.165) is 4.90 Å². The highest BCUT2D eigenvalue weighted by atomic mass is 79.9. The van der Waals surface area contributed by atoms with Gasteiger partial charge < -0.3 is 5.32 Å². The Morgan fingerprint density at radius 2 is 2.25 bits per heavy atom. The van der Waals surface area contributed by atoms with Crippen molar-refractivity contribution in [3.05, 3.63) is 34.1 Å². The van der Waals surface area contributed by atoms with Crippen LogP contribution in [0.1, 0.15) is 10.4 Å². The number of benzene rings is 1. The van der Waals surface area contributed by atoms with Gasteiger partial charge in [-0.25, -0.2) is 9.18 Å². The van der Waals surface area contributed by atoms with Gasteiger partial charge in [-0.05, 0) is 18.2 Å². The lowest BCUT2D eigenvalue weighted by atomic mass is 10.2. The molecule has 1 aliphatic rings. The largest absolute Gasteiger partial charge is 0.336 e. The smallest absolute Gasteiger partial charge is 0.324 e. The summed E-state index contributed by atoms with van der Waals surface area (Å²) in [5.41, 5.74) is -0.0970. The van der Waals surface area contributed by atoms with Crippen molar-refractivity contribution in [2.24, 2.45) is 0 Å². The highest BCUT2D eigenvalue weighted by Crippen LogP contribution is 2.17. The van der Waals surface area contributed by atoms with Crippen LogP contribution in [0.3, 0.4) is 0 Å². The Morgan fingerprint density at radius 1 is 1.50 bits per heavy atom. The van der Waals surface area contributed by atoms with Gasteiger partial charge in [-0.2, -0.15) is 0 Å². The molecule has 3 amide bonds. The number of nitrogens with one attached hydrogen (secondary N) is 1. The number of nitrogens with zero attached hydrogens (tertiary/aromatic N) is 1. The molecule has 1 aliphatic heterocycles. The van der Waals surface area contributed by atoms with Crippen LogP contribution >= 0.6 is 15.9 Å². The maximum Gasteiger partial charge on any atom is 0.324 e. The van der Waals surface area contributed by atoms with Crippen LogP contribution in [-0.2, 0) is 0 Å². The Kier molecular flexibility index (Phi) is 2.91. The van der Waals surface area contributed by atoms with E-state index in [9.17, 15) is 14.0 Å². The quantitative estimate of drug-likeness (QED) is 0.855. The molecule has 0 atom stereocenters. The van der Waals surface area contributed by atoms with Gasteiger partial charge in [0.05, 0.1) is 5.56 Å². The van der Waals surface area contributed by atoms with E-state index in [2.05, 4.69) is 21.2 Å². The van der Waals surface area contributed by atoms with Gasteiger partial charge in [0.15, 0.2) is 0 Å². The monoisotopic (exact) mass is 286 g/mol. The first-order valence-electron chi connectivity index (χ1n) is 4.64. The third-order valence-corrected chi connectivity index (χ3v) is 2.76. The standard InChI is InChI=1S/C10H8BrFN2O2/c11-6-1-2-7(8(12)5-6)9(15)14-4-3-13-10(14)16/h1-2,5H,3-4H2,(H,13,16). The van der Waals surface area contributed by atoms with Gasteiger partial charge in [-0.3, -0.25) is 9.69 Å². The number of hydrogen-bond acceptors (Lipinski definition) is 2. The van der Waals surface area contributed by atoms with E-state index in [-0.39, 0.29) is 12.1 Å². The molecule has 2 rings (SSSR count). The first kappa shape index (κ1) is 11.1. The van der Waals surface area contributed by atoms with Crippen LogP contribution in [0.25, 0.3) is 0 Å². The van der Waals surface area contributed by atoms with Crippen molar-refractivity contribution in [1.29, 1.82) is 0 Å². The molecule has 0 spiro atoms. The van der Waals surface area contributed by atoms with Crippen LogP contribution in [-0.4, -0.2) is 29.9 Å². The minimum atomic E-state index is -0.640. The Hall–Kier alpha value is -1.43. The molecule has 1 aromatic rings. The van der Waals surface area contributed by atoms with Crippen LogP contribution in [0, 0.1) is 5.82 Å². The minimum Gasteiger partial charge on any atom is -0.336 e. The lowest BCUT2D eigenvalue weighted by Gasteiger charge is -2.12. The summed E-state index contributed by atoms with van der Waals surface area (Å²) in [6.45, 7) is 0.676. The zero-order chi connectivity index (χ0) is 11.7. The first-order valence-corrected chi connectivity index (χ1v) is 5.43. The summed E-state index contributed by atoms with van der Waals surface area (Å²) in [4.78, 5) is 24.0. The maximum absolute atomic E-state index is 13.5. The van der Waals surface area contributed by atoms with Crippen molar-refractivity contribution in [1.82, 2.24) is 10.2 Å². The van der Waals surface area contributed by atoms with Crippen molar-refractivity contribution < 1.29 is 14.0 Å². The van der Waals surface area contributed by atoms with E-state index in [1.54, 1.807) is 6.07 Å². The van der Waals surface area contributed by atoms with E-state index in [1.807, 2.05) is 0 Å². The van der Waals surface area contributed by atoms with E-state index in [4.69, 9.17) is 0 Å². The number of rotatable bonds is 1. The number of hydrogen-bond donors (Lipinski definition) is 1. The average Bonchev–Trinajstić information content (AvgIpc) is 2.63. The van der Waals surface area contributed by atoms with Gasteiger partial charge >= 0.3 is 6.03 Å². The molecule has 4 nitrogen and oxygen atoms in total. The summed E-state index contributed by atoms with van der Waals surface area (Å²) >= 11 is 3.10. The molecule has 0 aromatic heterocycles. The molecule has 1 fully saturated rings. The van der Waals surface area contributed by atoms with Gasteiger partial charge in [-0.15, -0.1) is 0 Å². The predicted octanol–water partition coefficient (Wildman–Crippen LogP) is 1.75. The van der Waals surface area contributed by atoms with Crippen molar-refractivity contribution in [2.45, 2.75) is 0 Å². The van der Waals surface area contributed by atoms with E-state index >= 15 is 0 Å². The number of imide groups is 1. The molecule has 0 aliphatic carbocycles. The van der Waals surface area contributed by atoms with Crippen molar-refractivity contribution in [3.63, 3.8) is 0 Å². The Balaban J connectivity index is 2.30. The molecule has 1 heterocycles.